The number of hydrogen-bond acceptors (Lipinski definition) is 6. The van der Waals surface area contributed by atoms with E-state index < -0.39 is 36.3 Å². The van der Waals surface area contributed by atoms with Crippen molar-refractivity contribution < 1.29 is 29.0 Å². The zero-order chi connectivity index (χ0) is 25.4. The van der Waals surface area contributed by atoms with Crippen LogP contribution in [0.5, 0.6) is 5.75 Å². The third kappa shape index (κ3) is 4.34. The van der Waals surface area contributed by atoms with Crippen LogP contribution in [0.15, 0.2) is 24.3 Å². The van der Waals surface area contributed by atoms with Crippen molar-refractivity contribution in [3.8, 4) is 5.75 Å². The van der Waals surface area contributed by atoms with Gasteiger partial charge in [0.05, 0.1) is 13.2 Å². The van der Waals surface area contributed by atoms with E-state index in [1.165, 1.54) is 0 Å². The molecule has 36 heavy (non-hydrogen) atoms. The first-order chi connectivity index (χ1) is 17.4. The highest BCUT2D eigenvalue weighted by atomic mass is 16.5. The lowest BCUT2D eigenvalue weighted by Gasteiger charge is -2.29. The summed E-state index contributed by atoms with van der Waals surface area (Å²) >= 11 is 0. The van der Waals surface area contributed by atoms with E-state index in [2.05, 4.69) is 15.6 Å². The molecular weight excluding hydrogens is 464 g/mol. The van der Waals surface area contributed by atoms with E-state index in [-0.39, 0.29) is 30.1 Å². The van der Waals surface area contributed by atoms with E-state index in [4.69, 9.17) is 4.74 Å². The first kappa shape index (κ1) is 24.3. The maximum atomic E-state index is 13.7. The van der Waals surface area contributed by atoms with E-state index in [1.807, 2.05) is 18.2 Å². The number of ether oxygens (including phenoxy) is 1. The Hall–Kier alpha value is -3.40. The number of Topliss-reactive ketones (excluding diaryl/α,β-unsaturated/α-hetero) is 1. The molecule has 0 bridgehead atoms. The second-order valence-electron chi connectivity index (χ2n) is 10.1. The number of methoxy groups -OCH3 is 1. The van der Waals surface area contributed by atoms with Gasteiger partial charge in [0.15, 0.2) is 5.78 Å². The number of carbonyl (C=O) groups is 4. The van der Waals surface area contributed by atoms with Crippen molar-refractivity contribution in [2.45, 2.75) is 44.2 Å². The predicted molar refractivity (Wildman–Crippen MR) is 130 cm³/mol. The Balaban J connectivity index is 1.39. The second kappa shape index (κ2) is 9.93. The van der Waals surface area contributed by atoms with Crippen LogP contribution in [0.2, 0.25) is 0 Å². The molecular formula is C26H32N4O6. The second-order valence-corrected chi connectivity index (χ2v) is 10.1. The number of aliphatic hydroxyl groups is 1. The Morgan fingerprint density at radius 1 is 1.25 bits per heavy atom. The van der Waals surface area contributed by atoms with Gasteiger partial charge in [-0.1, -0.05) is 12.5 Å². The molecule has 2 aliphatic heterocycles. The standard InChI is InChI=1S/C26H32N4O6/c1-36-22-7-3-6-18-17(22)11-20(28-18)26(35)30-12-15-4-2-5-16(15)23(30)25(34)29-19(21(32)13-31)10-14-8-9-27-24(14)33/h3,6-7,11,14-16,19,23,28,31H,2,4-5,8-10,12-13H2,1H3,(H,27,33)(H,29,34)/t14-,15-,16-,19-,23-/m0/s1. The Morgan fingerprint density at radius 3 is 2.81 bits per heavy atom. The molecule has 2 saturated heterocycles. The van der Waals surface area contributed by atoms with Crippen molar-refractivity contribution in [3.63, 3.8) is 0 Å². The highest BCUT2D eigenvalue weighted by molar-refractivity contribution is 6.02. The van der Waals surface area contributed by atoms with Gasteiger partial charge in [-0.05, 0) is 55.7 Å². The van der Waals surface area contributed by atoms with Gasteiger partial charge in [-0.3, -0.25) is 19.2 Å². The van der Waals surface area contributed by atoms with Gasteiger partial charge in [-0.15, -0.1) is 0 Å². The van der Waals surface area contributed by atoms with Gasteiger partial charge in [0, 0.05) is 29.9 Å². The van der Waals surface area contributed by atoms with Crippen LogP contribution in [-0.4, -0.2) is 77.4 Å². The van der Waals surface area contributed by atoms with Gasteiger partial charge in [0.2, 0.25) is 11.8 Å². The molecule has 5 rings (SSSR count). The van der Waals surface area contributed by atoms with Gasteiger partial charge in [0.25, 0.3) is 5.91 Å². The molecule has 1 aliphatic carbocycles. The van der Waals surface area contributed by atoms with Gasteiger partial charge < -0.3 is 30.4 Å². The number of nitrogens with one attached hydrogen (secondary N) is 3. The molecule has 1 aromatic heterocycles. The van der Waals surface area contributed by atoms with Crippen molar-refractivity contribution in [1.82, 2.24) is 20.5 Å². The molecule has 3 amide bonds. The van der Waals surface area contributed by atoms with Crippen LogP contribution in [0.25, 0.3) is 10.9 Å². The lowest BCUT2D eigenvalue weighted by Crippen LogP contribution is -2.53. The summed E-state index contributed by atoms with van der Waals surface area (Å²) in [5, 5.41) is 15.8. The van der Waals surface area contributed by atoms with E-state index in [9.17, 15) is 24.3 Å². The minimum absolute atomic E-state index is 0.00696. The van der Waals surface area contributed by atoms with Crippen LogP contribution < -0.4 is 15.4 Å². The van der Waals surface area contributed by atoms with Crippen LogP contribution in [0.4, 0.5) is 0 Å². The number of H-pyrrole nitrogens is 1. The van der Waals surface area contributed by atoms with Gasteiger partial charge >= 0.3 is 0 Å². The SMILES string of the molecule is COc1cccc2[nH]c(C(=O)N3C[C@@H]4CCC[C@@H]4[C@H]3C(=O)N[C@@H](C[C@@H]3CCNC3=O)C(=O)CO)cc12. The lowest BCUT2D eigenvalue weighted by molar-refractivity contribution is -0.133. The molecule has 0 radical (unpaired) electrons. The third-order valence-electron chi connectivity index (χ3n) is 8.04. The Bertz CT molecular complexity index is 1190. The fourth-order valence-corrected chi connectivity index (χ4v) is 6.22. The summed E-state index contributed by atoms with van der Waals surface area (Å²) in [5.74, 6) is -0.889. The minimum Gasteiger partial charge on any atom is -0.496 e. The summed E-state index contributed by atoms with van der Waals surface area (Å²) in [7, 11) is 1.57. The quantitative estimate of drug-likeness (QED) is 0.430. The summed E-state index contributed by atoms with van der Waals surface area (Å²) in [6.07, 6.45) is 3.47. The average molecular weight is 497 g/mol. The zero-order valence-corrected chi connectivity index (χ0v) is 20.3. The van der Waals surface area contributed by atoms with Crippen molar-refractivity contribution in [1.29, 1.82) is 0 Å². The van der Waals surface area contributed by atoms with Crippen LogP contribution >= 0.6 is 0 Å². The molecule has 1 aromatic carbocycles. The Labute approximate surface area is 208 Å². The maximum absolute atomic E-state index is 13.7. The number of amides is 3. The maximum Gasteiger partial charge on any atom is 0.271 e. The van der Waals surface area contributed by atoms with Crippen LogP contribution in [0, 0.1) is 17.8 Å². The average Bonchev–Trinajstić information content (AvgIpc) is 3.66. The molecule has 3 fully saturated rings. The number of ketones is 1. The van der Waals surface area contributed by atoms with Gasteiger partial charge in [0.1, 0.15) is 24.1 Å². The molecule has 5 atom stereocenters. The van der Waals surface area contributed by atoms with Crippen LogP contribution in [-0.2, 0) is 14.4 Å². The number of carbonyl (C=O) groups excluding carboxylic acids is 4. The van der Waals surface area contributed by atoms with Crippen LogP contribution in [0.1, 0.15) is 42.6 Å². The van der Waals surface area contributed by atoms with E-state index in [1.54, 1.807) is 18.1 Å². The fourth-order valence-electron chi connectivity index (χ4n) is 6.22. The summed E-state index contributed by atoms with van der Waals surface area (Å²) in [5.41, 5.74) is 1.14. The summed E-state index contributed by atoms with van der Waals surface area (Å²) in [6.45, 7) is 0.273. The van der Waals surface area contributed by atoms with E-state index in [0.29, 0.717) is 31.0 Å². The Kier molecular flexibility index (Phi) is 6.70. The minimum atomic E-state index is -0.980. The normalized spacial score (nSPS) is 26.1. The largest absolute Gasteiger partial charge is 0.496 e. The summed E-state index contributed by atoms with van der Waals surface area (Å²) in [6, 6.07) is 5.57. The number of likely N-dealkylation sites (tertiary alicyclic amines) is 1. The van der Waals surface area contributed by atoms with Crippen molar-refractivity contribution in [2.75, 3.05) is 26.8 Å². The summed E-state index contributed by atoms with van der Waals surface area (Å²) < 4.78 is 5.42. The molecule has 4 N–H and O–H groups in total. The topological polar surface area (TPSA) is 141 Å². The number of rotatable bonds is 8. The number of fused-ring (bicyclic) bond motifs is 2. The van der Waals surface area contributed by atoms with Crippen molar-refractivity contribution in [2.24, 2.45) is 17.8 Å². The predicted octanol–water partition coefficient (Wildman–Crippen LogP) is 0.990. The number of hydrogen-bond donors (Lipinski definition) is 4. The molecule has 3 aliphatic rings. The number of benzene rings is 1. The molecule has 10 nitrogen and oxygen atoms in total. The summed E-state index contributed by atoms with van der Waals surface area (Å²) in [4.78, 5) is 56.6. The molecule has 0 spiro atoms. The first-order valence-corrected chi connectivity index (χ1v) is 12.6. The first-order valence-electron chi connectivity index (χ1n) is 12.6. The lowest BCUT2D eigenvalue weighted by atomic mass is 9.92. The molecule has 3 heterocycles. The number of nitrogens with zero attached hydrogens (tertiary/aromatic N) is 1. The highest BCUT2D eigenvalue weighted by Crippen LogP contribution is 2.43. The van der Waals surface area contributed by atoms with Crippen molar-refractivity contribution in [3.05, 3.63) is 30.0 Å². The highest BCUT2D eigenvalue weighted by Gasteiger charge is 2.50. The monoisotopic (exact) mass is 496 g/mol. The molecule has 192 valence electrons. The van der Waals surface area contributed by atoms with Crippen LogP contribution in [0.3, 0.4) is 0 Å². The third-order valence-corrected chi connectivity index (χ3v) is 8.04. The van der Waals surface area contributed by atoms with Gasteiger partial charge in [-0.2, -0.15) is 0 Å². The fraction of sp³-hybridized carbons (Fsp3) is 0.538. The van der Waals surface area contributed by atoms with E-state index in [0.717, 1.165) is 30.2 Å². The number of aromatic nitrogens is 1. The number of aromatic amines is 1. The number of aliphatic hydroxyl groups excluding tert-OH is 1. The Morgan fingerprint density at radius 2 is 2.08 bits per heavy atom. The zero-order valence-electron chi connectivity index (χ0n) is 20.3. The smallest absolute Gasteiger partial charge is 0.271 e. The molecule has 0 unspecified atom stereocenters. The molecule has 2 aromatic rings. The van der Waals surface area contributed by atoms with E-state index >= 15 is 0 Å². The molecule has 10 heteroatoms. The molecule has 1 saturated carbocycles. The van der Waals surface area contributed by atoms with Crippen molar-refractivity contribution >= 4 is 34.4 Å². The van der Waals surface area contributed by atoms with Gasteiger partial charge in [-0.25, -0.2) is 0 Å².